The van der Waals surface area contributed by atoms with Crippen LogP contribution in [0.25, 0.3) is 0 Å². The van der Waals surface area contributed by atoms with Gasteiger partial charge < -0.3 is 24.0 Å². The van der Waals surface area contributed by atoms with Gasteiger partial charge in [-0.1, -0.05) is 41.4 Å². The summed E-state index contributed by atoms with van der Waals surface area (Å²) in [5, 5.41) is 14.9. The quantitative estimate of drug-likeness (QED) is 0.407. The summed E-state index contributed by atoms with van der Waals surface area (Å²) < 4.78 is 20.4. The molecule has 32 heavy (non-hydrogen) atoms. The number of hydrogen-bond donors (Lipinski definition) is 1. The van der Waals surface area contributed by atoms with Gasteiger partial charge in [0, 0.05) is 28.0 Å². The number of aryl methyl sites for hydroxylation is 1. The van der Waals surface area contributed by atoms with E-state index in [9.17, 15) is 0 Å². The van der Waals surface area contributed by atoms with E-state index < -0.39 is 10.9 Å². The summed E-state index contributed by atoms with van der Waals surface area (Å²) in [5.41, 5.74) is 1.91. The highest BCUT2D eigenvalue weighted by Gasteiger charge is 2.44. The van der Waals surface area contributed by atoms with E-state index in [0.29, 0.717) is 29.8 Å². The number of ether oxygens (including phenoxy) is 3. The van der Waals surface area contributed by atoms with E-state index in [-0.39, 0.29) is 6.10 Å². The summed E-state index contributed by atoms with van der Waals surface area (Å²) in [7, 11) is 0. The van der Waals surface area contributed by atoms with Crippen molar-refractivity contribution in [1.82, 2.24) is 9.55 Å². The maximum atomic E-state index is 8.36. The molecule has 0 bridgehead atoms. The zero-order valence-corrected chi connectivity index (χ0v) is 18.6. The molecule has 1 aliphatic rings. The van der Waals surface area contributed by atoms with Gasteiger partial charge in [-0.25, -0.2) is 4.98 Å². The summed E-state index contributed by atoms with van der Waals surface area (Å²) in [6, 6.07) is 13.1. The van der Waals surface area contributed by atoms with Gasteiger partial charge in [-0.15, -0.1) is 10.1 Å². The molecule has 9 nitrogen and oxygen atoms in total. The van der Waals surface area contributed by atoms with Gasteiger partial charge in [0.25, 0.3) is 5.09 Å². The Morgan fingerprint density at radius 2 is 1.97 bits per heavy atom. The lowest BCUT2D eigenvalue weighted by atomic mass is 10.1. The minimum atomic E-state index is -1.50. The fourth-order valence-electron chi connectivity index (χ4n) is 3.21. The fraction of sp³-hybridized carbons (Fsp3) is 0.286. The molecule has 3 aromatic rings. The third-order valence-electron chi connectivity index (χ3n) is 4.67. The van der Waals surface area contributed by atoms with Gasteiger partial charge in [0.15, 0.2) is 0 Å². The lowest BCUT2D eigenvalue weighted by Gasteiger charge is -2.29. The van der Waals surface area contributed by atoms with Crippen LogP contribution < -0.4 is 4.74 Å². The molecule has 1 N–H and O–H groups in total. The van der Waals surface area contributed by atoms with Crippen molar-refractivity contribution in [2.45, 2.75) is 25.4 Å². The molecule has 2 atom stereocenters. The Morgan fingerprint density at radius 1 is 1.28 bits per heavy atom. The van der Waals surface area contributed by atoms with Crippen molar-refractivity contribution >= 4 is 23.2 Å². The predicted molar refractivity (Wildman–Crippen MR) is 117 cm³/mol. The number of hydrogen-bond acceptors (Lipinski definition) is 6. The molecule has 1 saturated heterocycles. The third kappa shape index (κ3) is 6.33. The van der Waals surface area contributed by atoms with Gasteiger partial charge in [0.1, 0.15) is 18.5 Å². The summed E-state index contributed by atoms with van der Waals surface area (Å²) in [5.74, 6) is -0.183. The van der Waals surface area contributed by atoms with E-state index >= 15 is 0 Å². The van der Waals surface area contributed by atoms with Crippen molar-refractivity contribution in [2.75, 3.05) is 13.2 Å². The Balaban J connectivity index is 0.000000668. The van der Waals surface area contributed by atoms with Gasteiger partial charge >= 0.3 is 0 Å². The smallest absolute Gasteiger partial charge is 0.291 e. The molecule has 0 aliphatic carbocycles. The molecular formula is C21H21Cl2N3O6. The molecule has 2 heterocycles. The van der Waals surface area contributed by atoms with Crippen LogP contribution >= 0.6 is 23.2 Å². The van der Waals surface area contributed by atoms with E-state index in [1.54, 1.807) is 12.5 Å². The molecule has 1 aromatic heterocycles. The first-order valence-corrected chi connectivity index (χ1v) is 10.3. The van der Waals surface area contributed by atoms with Crippen LogP contribution in [-0.2, 0) is 21.8 Å². The standard InChI is InChI=1S/C21H20Cl2N2O3.HNO3/c1-15-2-5-18(23)10-20(15)26-11-19-12-27-21(28-19,13-25-9-8-24-14-25)16-3-6-17(22)7-4-16;2-1(3)4/h2-10,14,19H,11-13H2,1H3;(H,2,3,4). The average Bonchev–Trinajstić information content (AvgIpc) is 3.40. The van der Waals surface area contributed by atoms with Crippen LogP contribution in [0.3, 0.4) is 0 Å². The highest BCUT2D eigenvalue weighted by Crippen LogP contribution is 2.37. The summed E-state index contributed by atoms with van der Waals surface area (Å²) in [4.78, 5) is 12.5. The zero-order chi connectivity index (χ0) is 23.1. The fourth-order valence-corrected chi connectivity index (χ4v) is 3.50. The summed E-state index contributed by atoms with van der Waals surface area (Å²) in [6.07, 6.45) is 5.12. The van der Waals surface area contributed by atoms with Gasteiger partial charge in [-0.05, 0) is 36.8 Å². The maximum Gasteiger partial charge on any atom is 0.291 e. The van der Waals surface area contributed by atoms with Crippen molar-refractivity contribution < 1.29 is 24.5 Å². The second-order valence-electron chi connectivity index (χ2n) is 7.00. The Hall–Kier alpha value is -2.85. The SMILES string of the molecule is Cc1ccc(Cl)cc1OCC1COC(Cn2ccnc2)(c2ccc(Cl)cc2)O1.O=[N+]([O-])O. The molecule has 170 valence electrons. The van der Waals surface area contributed by atoms with Crippen LogP contribution in [0, 0.1) is 17.0 Å². The number of benzene rings is 2. The first-order chi connectivity index (χ1) is 15.3. The highest BCUT2D eigenvalue weighted by molar-refractivity contribution is 6.30. The van der Waals surface area contributed by atoms with Crippen molar-refractivity contribution in [3.8, 4) is 5.75 Å². The number of imidazole rings is 1. The molecule has 2 unspecified atom stereocenters. The molecule has 11 heteroatoms. The molecule has 2 aromatic carbocycles. The van der Waals surface area contributed by atoms with Crippen molar-refractivity contribution in [2.24, 2.45) is 0 Å². The van der Waals surface area contributed by atoms with Crippen molar-refractivity contribution in [3.05, 3.63) is 92.5 Å². The third-order valence-corrected chi connectivity index (χ3v) is 5.16. The molecule has 1 fully saturated rings. The first-order valence-electron chi connectivity index (χ1n) is 9.53. The van der Waals surface area contributed by atoms with Crippen LogP contribution in [-0.4, -0.2) is 39.2 Å². The van der Waals surface area contributed by atoms with Gasteiger partial charge in [-0.3, -0.25) is 0 Å². The minimum Gasteiger partial charge on any atom is -0.490 e. The molecule has 0 amide bonds. The summed E-state index contributed by atoms with van der Waals surface area (Å²) in [6.45, 7) is 3.23. The lowest BCUT2D eigenvalue weighted by Crippen LogP contribution is -2.34. The largest absolute Gasteiger partial charge is 0.490 e. The van der Waals surface area contributed by atoms with Crippen LogP contribution in [0.15, 0.2) is 61.2 Å². The second kappa shape index (κ2) is 10.6. The van der Waals surface area contributed by atoms with Gasteiger partial charge in [0.2, 0.25) is 5.79 Å². The predicted octanol–water partition coefficient (Wildman–Crippen LogP) is 4.50. The molecular weight excluding hydrogens is 461 g/mol. The van der Waals surface area contributed by atoms with E-state index in [1.165, 1.54) is 0 Å². The molecule has 0 radical (unpaired) electrons. The minimum absolute atomic E-state index is 0.224. The first kappa shape index (κ1) is 23.8. The normalized spacial score (nSPS) is 19.8. The van der Waals surface area contributed by atoms with E-state index in [4.69, 9.17) is 52.7 Å². The van der Waals surface area contributed by atoms with Crippen LogP contribution in [0.2, 0.25) is 10.0 Å². The zero-order valence-electron chi connectivity index (χ0n) is 17.1. The Labute approximate surface area is 194 Å². The second-order valence-corrected chi connectivity index (χ2v) is 7.88. The molecule has 4 rings (SSSR count). The summed E-state index contributed by atoms with van der Waals surface area (Å²) >= 11 is 12.1. The lowest BCUT2D eigenvalue weighted by molar-refractivity contribution is -0.742. The van der Waals surface area contributed by atoms with Crippen LogP contribution in [0.5, 0.6) is 5.75 Å². The van der Waals surface area contributed by atoms with Crippen LogP contribution in [0.1, 0.15) is 11.1 Å². The number of aromatic nitrogens is 2. The monoisotopic (exact) mass is 481 g/mol. The van der Waals surface area contributed by atoms with Crippen molar-refractivity contribution in [1.29, 1.82) is 0 Å². The van der Waals surface area contributed by atoms with E-state index in [2.05, 4.69) is 4.98 Å². The Morgan fingerprint density at radius 3 is 2.62 bits per heavy atom. The highest BCUT2D eigenvalue weighted by atomic mass is 35.5. The van der Waals surface area contributed by atoms with Crippen molar-refractivity contribution in [3.63, 3.8) is 0 Å². The Bertz CT molecular complexity index is 1030. The maximum absolute atomic E-state index is 8.36. The molecule has 0 spiro atoms. The molecule has 0 saturated carbocycles. The van der Waals surface area contributed by atoms with E-state index in [0.717, 1.165) is 16.9 Å². The number of nitrogens with zero attached hydrogens (tertiary/aromatic N) is 3. The Kier molecular flexibility index (Phi) is 7.92. The number of halogens is 2. The van der Waals surface area contributed by atoms with Gasteiger partial charge in [-0.2, -0.15) is 0 Å². The number of rotatable bonds is 6. The van der Waals surface area contributed by atoms with E-state index in [1.807, 2.05) is 60.2 Å². The van der Waals surface area contributed by atoms with Gasteiger partial charge in [0.05, 0.1) is 19.5 Å². The average molecular weight is 482 g/mol. The molecule has 1 aliphatic heterocycles. The van der Waals surface area contributed by atoms with Crippen LogP contribution in [0.4, 0.5) is 0 Å². The topological polar surface area (TPSA) is 109 Å².